The van der Waals surface area contributed by atoms with Crippen molar-refractivity contribution in [1.29, 1.82) is 0 Å². The fourth-order valence-electron chi connectivity index (χ4n) is 3.81. The molecule has 0 spiro atoms. The molecule has 1 N–H and O–H groups in total. The van der Waals surface area contributed by atoms with E-state index in [0.29, 0.717) is 25.3 Å². The second-order valence-electron chi connectivity index (χ2n) is 8.09. The Morgan fingerprint density at radius 2 is 1.91 bits per heavy atom. The molecule has 178 valence electrons. The van der Waals surface area contributed by atoms with Gasteiger partial charge in [-0.2, -0.15) is 5.10 Å². The van der Waals surface area contributed by atoms with Crippen LogP contribution in [0.2, 0.25) is 0 Å². The zero-order valence-corrected chi connectivity index (χ0v) is 20.1. The van der Waals surface area contributed by atoms with Crippen molar-refractivity contribution in [2.75, 3.05) is 13.1 Å². The molecule has 0 saturated heterocycles. The number of hydrogen-bond acceptors (Lipinski definition) is 6. The number of aromatic nitrogens is 6. The second-order valence-corrected chi connectivity index (χ2v) is 9.00. The van der Waals surface area contributed by atoms with Crippen LogP contribution in [-0.2, 0) is 25.2 Å². The van der Waals surface area contributed by atoms with E-state index in [1.807, 2.05) is 42.3 Å². The van der Waals surface area contributed by atoms with Gasteiger partial charge in [0.1, 0.15) is 29.9 Å². The highest BCUT2D eigenvalue weighted by Crippen LogP contribution is 2.28. The van der Waals surface area contributed by atoms with Gasteiger partial charge in [-0.1, -0.05) is 46.3 Å². The maximum atomic E-state index is 14.7. The smallest absolute Gasteiger partial charge is 0.137 e. The molecule has 11 heteroatoms. The lowest BCUT2D eigenvalue weighted by Crippen LogP contribution is -2.44. The van der Waals surface area contributed by atoms with Crippen LogP contribution < -0.4 is 0 Å². The first kappa shape index (κ1) is 24.1. The Hall–Kier alpha value is -3.02. The molecule has 0 fully saturated rings. The Balaban J connectivity index is 1.52. The summed E-state index contributed by atoms with van der Waals surface area (Å²) in [6.07, 6.45) is 4.62. The van der Waals surface area contributed by atoms with Crippen molar-refractivity contribution in [2.24, 2.45) is 0 Å². The van der Waals surface area contributed by atoms with Gasteiger partial charge < -0.3 is 5.11 Å². The molecule has 0 bridgehead atoms. The number of benzene rings is 2. The Morgan fingerprint density at radius 3 is 2.59 bits per heavy atom. The largest absolute Gasteiger partial charge is 0.382 e. The highest BCUT2D eigenvalue weighted by molar-refractivity contribution is 9.10. The van der Waals surface area contributed by atoms with E-state index < -0.39 is 17.2 Å². The van der Waals surface area contributed by atoms with Crippen molar-refractivity contribution in [3.63, 3.8) is 0 Å². The van der Waals surface area contributed by atoms with Gasteiger partial charge in [0.15, 0.2) is 0 Å². The van der Waals surface area contributed by atoms with Crippen LogP contribution in [0.15, 0.2) is 65.8 Å². The molecule has 34 heavy (non-hydrogen) atoms. The normalized spacial score (nSPS) is 13.4. The minimum Gasteiger partial charge on any atom is -0.382 e. The maximum absolute atomic E-state index is 14.7. The Bertz CT molecular complexity index is 1220. The zero-order chi connectivity index (χ0) is 24.1. The van der Waals surface area contributed by atoms with E-state index in [9.17, 15) is 13.9 Å². The number of nitrogens with zero attached hydrogens (tertiary/aromatic N) is 7. The summed E-state index contributed by atoms with van der Waals surface area (Å²) in [6.45, 7) is 3.46. The van der Waals surface area contributed by atoms with Gasteiger partial charge in [0.25, 0.3) is 0 Å². The molecule has 4 rings (SSSR count). The molecule has 0 saturated carbocycles. The molecule has 0 aliphatic rings. The summed E-state index contributed by atoms with van der Waals surface area (Å²) in [4.78, 5) is 5.82. The fraction of sp³-hybridized carbons (Fsp3) is 0.304. The minimum atomic E-state index is -1.69. The van der Waals surface area contributed by atoms with E-state index in [1.54, 1.807) is 4.68 Å². The summed E-state index contributed by atoms with van der Waals surface area (Å²) in [5.74, 6) is -1.53. The van der Waals surface area contributed by atoms with Crippen LogP contribution in [0.5, 0.6) is 0 Å². The van der Waals surface area contributed by atoms with Crippen LogP contribution in [0.25, 0.3) is 0 Å². The third-order valence-corrected chi connectivity index (χ3v) is 6.01. The maximum Gasteiger partial charge on any atom is 0.137 e. The van der Waals surface area contributed by atoms with E-state index in [2.05, 4.69) is 36.3 Å². The van der Waals surface area contributed by atoms with Gasteiger partial charge in [-0.05, 0) is 30.3 Å². The lowest BCUT2D eigenvalue weighted by atomic mass is 9.92. The van der Waals surface area contributed by atoms with Gasteiger partial charge in [0.05, 0.1) is 25.0 Å². The molecular formula is C23H24BrF2N7O. The van der Waals surface area contributed by atoms with Gasteiger partial charge in [-0.3, -0.25) is 4.90 Å². The number of halogens is 3. The molecule has 1 atom stereocenters. The summed E-state index contributed by atoms with van der Waals surface area (Å²) in [5, 5.41) is 24.1. The first-order chi connectivity index (χ1) is 16.3. The van der Waals surface area contributed by atoms with Gasteiger partial charge in [0, 0.05) is 29.2 Å². The van der Waals surface area contributed by atoms with Crippen LogP contribution in [-0.4, -0.2) is 52.9 Å². The number of aliphatic hydroxyl groups is 1. The van der Waals surface area contributed by atoms with E-state index in [4.69, 9.17) is 0 Å². The molecule has 0 radical (unpaired) electrons. The van der Waals surface area contributed by atoms with Gasteiger partial charge in [-0.25, -0.2) is 23.1 Å². The lowest BCUT2D eigenvalue weighted by Gasteiger charge is -2.34. The summed E-state index contributed by atoms with van der Waals surface area (Å²) < 4.78 is 32.4. The van der Waals surface area contributed by atoms with Crippen LogP contribution >= 0.6 is 15.9 Å². The minimum absolute atomic E-state index is 0.0123. The van der Waals surface area contributed by atoms with Crippen molar-refractivity contribution in [1.82, 2.24) is 34.7 Å². The van der Waals surface area contributed by atoms with Gasteiger partial charge in [-0.15, -0.1) is 5.10 Å². The predicted octanol–water partition coefficient (Wildman–Crippen LogP) is 3.37. The van der Waals surface area contributed by atoms with Crippen molar-refractivity contribution >= 4 is 15.9 Å². The van der Waals surface area contributed by atoms with Crippen LogP contribution in [0.1, 0.15) is 23.7 Å². The molecule has 2 aromatic carbocycles. The van der Waals surface area contributed by atoms with Gasteiger partial charge in [0.2, 0.25) is 0 Å². The first-order valence-electron chi connectivity index (χ1n) is 10.7. The average molecular weight is 532 g/mol. The van der Waals surface area contributed by atoms with Gasteiger partial charge >= 0.3 is 0 Å². The third-order valence-electron chi connectivity index (χ3n) is 5.48. The van der Waals surface area contributed by atoms with Crippen molar-refractivity contribution in [3.8, 4) is 0 Å². The summed E-state index contributed by atoms with van der Waals surface area (Å²) >= 11 is 3.43. The predicted molar refractivity (Wildman–Crippen MR) is 124 cm³/mol. The molecule has 0 aliphatic heterocycles. The number of likely N-dealkylation sites (N-methyl/N-ethyl adjacent to an activating group) is 1. The van der Waals surface area contributed by atoms with Crippen LogP contribution in [0.4, 0.5) is 8.78 Å². The van der Waals surface area contributed by atoms with E-state index >= 15 is 0 Å². The Morgan fingerprint density at radius 1 is 1.12 bits per heavy atom. The molecule has 1 unspecified atom stereocenters. The van der Waals surface area contributed by atoms with Crippen LogP contribution in [0, 0.1) is 11.6 Å². The molecule has 2 aromatic heterocycles. The van der Waals surface area contributed by atoms with Crippen molar-refractivity contribution < 1.29 is 13.9 Å². The highest BCUT2D eigenvalue weighted by atomic mass is 79.9. The topological polar surface area (TPSA) is 84.9 Å². The Labute approximate surface area is 204 Å². The summed E-state index contributed by atoms with van der Waals surface area (Å²) in [5.41, 5.74) is 0.0962. The molecule has 8 nitrogen and oxygen atoms in total. The van der Waals surface area contributed by atoms with Crippen LogP contribution in [0.3, 0.4) is 0 Å². The number of hydrogen-bond donors (Lipinski definition) is 1. The quantitative estimate of drug-likeness (QED) is 0.337. The lowest BCUT2D eigenvalue weighted by molar-refractivity contribution is -0.0227. The summed E-state index contributed by atoms with van der Waals surface area (Å²) in [6, 6.07) is 11.1. The van der Waals surface area contributed by atoms with Crippen molar-refractivity contribution in [3.05, 3.63) is 94.2 Å². The molecular weight excluding hydrogens is 508 g/mol. The molecule has 2 heterocycles. The second kappa shape index (κ2) is 10.5. The average Bonchev–Trinajstić information content (AvgIpc) is 3.46. The highest BCUT2D eigenvalue weighted by Gasteiger charge is 2.35. The summed E-state index contributed by atoms with van der Waals surface area (Å²) in [7, 11) is 0. The third kappa shape index (κ3) is 5.91. The molecule has 0 aliphatic carbocycles. The monoisotopic (exact) mass is 531 g/mol. The van der Waals surface area contributed by atoms with E-state index in [0.717, 1.165) is 22.2 Å². The SMILES string of the molecule is CCN(Cc1cn(Cc2ccc(Br)cc2)nn1)CC(O)(Cn1cncn1)c1ccc(F)cc1F. The standard InChI is InChI=1S/C23H24BrF2N7O/c1-2-31(11-20-12-32(30-29-20)10-17-3-5-18(24)6-4-17)13-23(34,14-33-16-27-15-28-33)21-8-7-19(25)9-22(21)26/h3-9,12,15-16,34H,2,10-11,13-14H2,1H3. The van der Waals surface area contributed by atoms with Crippen molar-refractivity contribution in [2.45, 2.75) is 32.2 Å². The van der Waals surface area contributed by atoms with E-state index in [-0.39, 0.29) is 18.7 Å². The number of rotatable bonds is 10. The van der Waals surface area contributed by atoms with E-state index in [1.165, 1.54) is 23.4 Å². The Kier molecular flexibility index (Phi) is 7.44. The molecule has 4 aromatic rings. The molecule has 0 amide bonds. The first-order valence-corrected chi connectivity index (χ1v) is 11.5. The fourth-order valence-corrected chi connectivity index (χ4v) is 4.08. The zero-order valence-electron chi connectivity index (χ0n) is 18.5.